The average molecular weight is 746 g/mol. The molecule has 320 valence electrons. The third-order valence-corrected chi connectivity index (χ3v) is 12.8. The Kier molecular flexibility index (Phi) is 44.6. The van der Waals surface area contributed by atoms with Gasteiger partial charge >= 0.3 is 0 Å². The predicted octanol–water partition coefficient (Wildman–Crippen LogP) is 19.3. The van der Waals surface area contributed by atoms with Crippen LogP contribution in [0.15, 0.2) is 0 Å². The number of hydrogen-bond acceptors (Lipinski definition) is 1. The van der Waals surface area contributed by atoms with Gasteiger partial charge in [0.25, 0.3) is 0 Å². The normalized spacial score (nSPS) is 12.1. The summed E-state index contributed by atoms with van der Waals surface area (Å²) in [6, 6.07) is 0. The lowest BCUT2D eigenvalue weighted by Gasteiger charge is -2.39. The summed E-state index contributed by atoms with van der Waals surface area (Å²) < 4.78 is 0. The molecule has 0 aliphatic carbocycles. The van der Waals surface area contributed by atoms with Crippen molar-refractivity contribution < 1.29 is 0 Å². The third-order valence-electron chi connectivity index (χ3n) is 12.8. The highest BCUT2D eigenvalue weighted by atomic mass is 15.2. The molecule has 0 N–H and O–H groups in total. The van der Waals surface area contributed by atoms with E-state index in [0.717, 1.165) is 0 Å². The third kappa shape index (κ3) is 41.4. The van der Waals surface area contributed by atoms with Gasteiger partial charge in [0.05, 0.1) is 0 Å². The molecule has 0 amide bonds. The van der Waals surface area contributed by atoms with Crippen molar-refractivity contribution in [3.05, 3.63) is 0 Å². The van der Waals surface area contributed by atoms with Crippen molar-refractivity contribution in [2.75, 3.05) is 13.1 Å². The standard InChI is InChI=1S/C52H107N/c1-6-9-12-15-18-21-24-26-28-30-32-35-38-41-44-47-50-53(52(4,5)49-46-43-40-37-34-23-20-17-14-11-8-3)51-48-45-42-39-36-33-31-29-27-25-22-19-16-13-10-7-2/h6-51H2,1-5H3. The van der Waals surface area contributed by atoms with Gasteiger partial charge in [0.2, 0.25) is 0 Å². The van der Waals surface area contributed by atoms with E-state index in [1.165, 1.54) is 296 Å². The molecule has 0 unspecified atom stereocenters. The molecule has 0 aromatic heterocycles. The maximum Gasteiger partial charge on any atom is 0.0153 e. The second-order valence-electron chi connectivity index (χ2n) is 18.7. The van der Waals surface area contributed by atoms with Crippen LogP contribution in [0.25, 0.3) is 0 Å². The van der Waals surface area contributed by atoms with Gasteiger partial charge in [0, 0.05) is 5.54 Å². The first-order valence-corrected chi connectivity index (χ1v) is 25.8. The van der Waals surface area contributed by atoms with Crippen molar-refractivity contribution in [2.24, 2.45) is 0 Å². The highest BCUT2D eigenvalue weighted by molar-refractivity contribution is 4.82. The van der Waals surface area contributed by atoms with Crippen LogP contribution in [0.5, 0.6) is 0 Å². The van der Waals surface area contributed by atoms with E-state index in [2.05, 4.69) is 39.5 Å². The van der Waals surface area contributed by atoms with Gasteiger partial charge in [0.1, 0.15) is 0 Å². The van der Waals surface area contributed by atoms with Gasteiger partial charge in [-0.05, 0) is 46.2 Å². The molecule has 0 rings (SSSR count). The summed E-state index contributed by atoms with van der Waals surface area (Å²) >= 11 is 0. The minimum absolute atomic E-state index is 0.365. The Morgan fingerprint density at radius 2 is 0.396 bits per heavy atom. The van der Waals surface area contributed by atoms with E-state index in [4.69, 9.17) is 0 Å². The van der Waals surface area contributed by atoms with E-state index in [9.17, 15) is 0 Å². The van der Waals surface area contributed by atoms with Crippen LogP contribution < -0.4 is 0 Å². The van der Waals surface area contributed by atoms with Crippen molar-refractivity contribution in [1.29, 1.82) is 0 Å². The van der Waals surface area contributed by atoms with Crippen LogP contribution in [0.1, 0.15) is 317 Å². The van der Waals surface area contributed by atoms with Crippen LogP contribution in [0.4, 0.5) is 0 Å². The van der Waals surface area contributed by atoms with Crippen molar-refractivity contribution >= 4 is 0 Å². The first-order chi connectivity index (χ1) is 26.1. The molecule has 0 bridgehead atoms. The Bertz CT molecular complexity index is 603. The molecule has 0 heterocycles. The molecular formula is C52H107N. The van der Waals surface area contributed by atoms with Crippen LogP contribution in [-0.4, -0.2) is 23.5 Å². The van der Waals surface area contributed by atoms with E-state index >= 15 is 0 Å². The van der Waals surface area contributed by atoms with Crippen molar-refractivity contribution in [3.8, 4) is 0 Å². The van der Waals surface area contributed by atoms with E-state index in [0.29, 0.717) is 5.54 Å². The summed E-state index contributed by atoms with van der Waals surface area (Å²) in [7, 11) is 0. The smallest absolute Gasteiger partial charge is 0.0153 e. The Morgan fingerprint density at radius 1 is 0.226 bits per heavy atom. The molecule has 0 saturated carbocycles. The molecule has 53 heavy (non-hydrogen) atoms. The zero-order valence-corrected chi connectivity index (χ0v) is 38.5. The maximum absolute atomic E-state index is 2.94. The van der Waals surface area contributed by atoms with E-state index in [1.807, 2.05) is 0 Å². The molecular weight excluding hydrogens is 639 g/mol. The molecule has 0 spiro atoms. The maximum atomic E-state index is 2.94. The summed E-state index contributed by atoms with van der Waals surface area (Å²) in [6.07, 6.45) is 64.1. The largest absolute Gasteiger partial charge is 0.298 e. The Balaban J connectivity index is 4.17. The minimum Gasteiger partial charge on any atom is -0.298 e. The van der Waals surface area contributed by atoms with Gasteiger partial charge in [-0.1, -0.05) is 284 Å². The minimum atomic E-state index is 0.365. The lowest BCUT2D eigenvalue weighted by Crippen LogP contribution is -2.45. The van der Waals surface area contributed by atoms with Gasteiger partial charge in [-0.3, -0.25) is 4.90 Å². The number of unbranched alkanes of at least 4 members (excludes halogenated alkanes) is 40. The highest BCUT2D eigenvalue weighted by Gasteiger charge is 2.25. The van der Waals surface area contributed by atoms with Crippen molar-refractivity contribution in [1.82, 2.24) is 4.90 Å². The average Bonchev–Trinajstić information content (AvgIpc) is 3.15. The number of nitrogens with zero attached hydrogens (tertiary/aromatic N) is 1. The van der Waals surface area contributed by atoms with Gasteiger partial charge in [-0.2, -0.15) is 0 Å². The zero-order chi connectivity index (χ0) is 38.6. The van der Waals surface area contributed by atoms with Crippen LogP contribution in [0.2, 0.25) is 0 Å². The number of hydrogen-bond donors (Lipinski definition) is 0. The Morgan fingerprint density at radius 3 is 0.604 bits per heavy atom. The summed E-state index contributed by atoms with van der Waals surface area (Å²) in [6.45, 7) is 14.8. The van der Waals surface area contributed by atoms with Gasteiger partial charge < -0.3 is 0 Å². The lowest BCUT2D eigenvalue weighted by molar-refractivity contribution is 0.102. The van der Waals surface area contributed by atoms with Crippen LogP contribution in [0, 0.1) is 0 Å². The van der Waals surface area contributed by atoms with E-state index < -0.39 is 0 Å². The molecule has 0 aliphatic heterocycles. The second-order valence-corrected chi connectivity index (χ2v) is 18.7. The molecule has 0 fully saturated rings. The zero-order valence-electron chi connectivity index (χ0n) is 38.5. The summed E-state index contributed by atoms with van der Waals surface area (Å²) in [5.41, 5.74) is 0.365. The van der Waals surface area contributed by atoms with Crippen LogP contribution in [-0.2, 0) is 0 Å². The van der Waals surface area contributed by atoms with Gasteiger partial charge in [-0.15, -0.1) is 0 Å². The molecule has 0 aromatic carbocycles. The first-order valence-electron chi connectivity index (χ1n) is 25.8. The molecule has 1 nitrogen and oxygen atoms in total. The molecule has 0 radical (unpaired) electrons. The Labute approximate surface area is 339 Å². The number of rotatable bonds is 47. The van der Waals surface area contributed by atoms with Crippen LogP contribution in [0.3, 0.4) is 0 Å². The highest BCUT2D eigenvalue weighted by Crippen LogP contribution is 2.25. The second kappa shape index (κ2) is 44.7. The van der Waals surface area contributed by atoms with Crippen LogP contribution >= 0.6 is 0 Å². The molecule has 1 heteroatoms. The predicted molar refractivity (Wildman–Crippen MR) is 246 cm³/mol. The lowest BCUT2D eigenvalue weighted by atomic mass is 9.92. The van der Waals surface area contributed by atoms with E-state index in [1.54, 1.807) is 0 Å². The monoisotopic (exact) mass is 746 g/mol. The fraction of sp³-hybridized carbons (Fsp3) is 1.00. The molecule has 0 aliphatic rings. The summed E-state index contributed by atoms with van der Waals surface area (Å²) in [4.78, 5) is 2.94. The van der Waals surface area contributed by atoms with Crippen molar-refractivity contribution in [2.45, 2.75) is 323 Å². The quantitative estimate of drug-likeness (QED) is 0.0561. The summed E-state index contributed by atoms with van der Waals surface area (Å²) in [5, 5.41) is 0. The Hall–Kier alpha value is -0.0400. The summed E-state index contributed by atoms with van der Waals surface area (Å²) in [5.74, 6) is 0. The van der Waals surface area contributed by atoms with E-state index in [-0.39, 0.29) is 0 Å². The SMILES string of the molecule is CCCCCCCCCCCCCCCCCCN(CCCCCCCCCCCCCCCCCC)C(C)(C)CCCCCCCCCCCCC. The van der Waals surface area contributed by atoms with Gasteiger partial charge in [-0.25, -0.2) is 0 Å². The first kappa shape index (κ1) is 53.0. The topological polar surface area (TPSA) is 3.24 Å². The molecule has 0 atom stereocenters. The molecule has 0 aromatic rings. The fourth-order valence-electron chi connectivity index (χ4n) is 8.80. The molecule has 0 saturated heterocycles. The van der Waals surface area contributed by atoms with Crippen molar-refractivity contribution in [3.63, 3.8) is 0 Å². The van der Waals surface area contributed by atoms with Gasteiger partial charge in [0.15, 0.2) is 0 Å². The fourth-order valence-corrected chi connectivity index (χ4v) is 8.80.